The molecule has 3 heteroatoms. The molecule has 0 atom stereocenters. The Kier molecular flexibility index (Phi) is 4.10. The largest absolute Gasteiger partial charge is 0.367 e. The molecule has 2 rings (SSSR count). The minimum Gasteiger partial charge on any atom is -0.367 e. The minimum atomic E-state index is 0.115. The summed E-state index contributed by atoms with van der Waals surface area (Å²) in [5.74, 6) is 0.758. The lowest BCUT2D eigenvalue weighted by molar-refractivity contribution is 0.101. The first-order valence-electron chi connectivity index (χ1n) is 6.56. The Bertz CT molecular complexity index is 452. The van der Waals surface area contributed by atoms with E-state index < -0.39 is 0 Å². The predicted molar refractivity (Wildman–Crippen MR) is 79.4 cm³/mol. The molecule has 0 bridgehead atoms. The Balaban J connectivity index is 2.27. The van der Waals surface area contributed by atoms with Crippen LogP contribution >= 0.6 is 15.9 Å². The summed E-state index contributed by atoms with van der Waals surface area (Å²) in [5, 5.41) is 0. The molecule has 1 saturated carbocycles. The van der Waals surface area contributed by atoms with Gasteiger partial charge < -0.3 is 4.90 Å². The molecule has 0 heterocycles. The molecule has 1 aliphatic carbocycles. The summed E-state index contributed by atoms with van der Waals surface area (Å²) in [6, 6.07) is 6.62. The number of hydrogen-bond donors (Lipinski definition) is 0. The lowest BCUT2D eigenvalue weighted by atomic mass is 10.1. The van der Waals surface area contributed by atoms with Crippen molar-refractivity contribution in [1.82, 2.24) is 0 Å². The van der Waals surface area contributed by atoms with E-state index in [2.05, 4.69) is 40.7 Å². The molecule has 1 aromatic carbocycles. The van der Waals surface area contributed by atoms with Crippen LogP contribution in [0.4, 0.5) is 5.69 Å². The smallest absolute Gasteiger partial charge is 0.159 e. The second-order valence-electron chi connectivity index (χ2n) is 5.50. The van der Waals surface area contributed by atoms with Gasteiger partial charge in [-0.25, -0.2) is 0 Å². The standard InChI is InChI=1S/C15H20BrNO/c1-10(2)9-17(13-5-6-13)15-7-4-12(11(3)18)8-14(15)16/h4,7-8,10,13H,5-6,9H2,1-3H3. The fourth-order valence-electron chi connectivity index (χ4n) is 2.18. The van der Waals surface area contributed by atoms with E-state index >= 15 is 0 Å². The zero-order valence-electron chi connectivity index (χ0n) is 11.2. The van der Waals surface area contributed by atoms with Crippen molar-refractivity contribution in [2.24, 2.45) is 5.92 Å². The summed E-state index contributed by atoms with van der Waals surface area (Å²) in [6.45, 7) is 7.16. The lowest BCUT2D eigenvalue weighted by Gasteiger charge is -2.28. The molecule has 0 aromatic heterocycles. The Hall–Kier alpha value is -0.830. The summed E-state index contributed by atoms with van der Waals surface area (Å²) >= 11 is 3.61. The highest BCUT2D eigenvalue weighted by Crippen LogP contribution is 2.36. The molecule has 2 nitrogen and oxygen atoms in total. The van der Waals surface area contributed by atoms with Crippen molar-refractivity contribution in [3.05, 3.63) is 28.2 Å². The van der Waals surface area contributed by atoms with Gasteiger partial charge in [0.2, 0.25) is 0 Å². The number of hydrogen-bond acceptors (Lipinski definition) is 2. The van der Waals surface area contributed by atoms with E-state index in [1.54, 1.807) is 6.92 Å². The van der Waals surface area contributed by atoms with Gasteiger partial charge in [-0.2, -0.15) is 0 Å². The molecule has 18 heavy (non-hydrogen) atoms. The predicted octanol–water partition coefficient (Wildman–Crippen LogP) is 4.28. The fraction of sp³-hybridized carbons (Fsp3) is 0.533. The lowest BCUT2D eigenvalue weighted by Crippen LogP contribution is -2.30. The van der Waals surface area contributed by atoms with Gasteiger partial charge in [-0.1, -0.05) is 13.8 Å². The van der Waals surface area contributed by atoms with Gasteiger partial charge >= 0.3 is 0 Å². The van der Waals surface area contributed by atoms with Gasteiger partial charge in [-0.3, -0.25) is 4.79 Å². The number of nitrogens with zero attached hydrogens (tertiary/aromatic N) is 1. The van der Waals surface area contributed by atoms with Crippen molar-refractivity contribution in [3.8, 4) is 0 Å². The summed E-state index contributed by atoms with van der Waals surface area (Å²) in [6.07, 6.45) is 2.57. The van der Waals surface area contributed by atoms with Gasteiger partial charge in [0.15, 0.2) is 5.78 Å². The van der Waals surface area contributed by atoms with Gasteiger partial charge in [-0.05, 0) is 59.8 Å². The van der Waals surface area contributed by atoms with Gasteiger partial charge in [0.05, 0.1) is 5.69 Å². The van der Waals surface area contributed by atoms with Crippen molar-refractivity contribution < 1.29 is 4.79 Å². The van der Waals surface area contributed by atoms with E-state index in [0.29, 0.717) is 12.0 Å². The molecular weight excluding hydrogens is 290 g/mol. The molecule has 0 amide bonds. The highest BCUT2D eigenvalue weighted by atomic mass is 79.9. The average molecular weight is 310 g/mol. The number of carbonyl (C=O) groups is 1. The van der Waals surface area contributed by atoms with E-state index in [9.17, 15) is 4.79 Å². The first-order chi connectivity index (χ1) is 8.49. The second-order valence-corrected chi connectivity index (χ2v) is 6.35. The molecule has 0 N–H and O–H groups in total. The number of rotatable bonds is 5. The van der Waals surface area contributed by atoms with Crippen molar-refractivity contribution in [2.45, 2.75) is 39.7 Å². The Morgan fingerprint density at radius 2 is 2.11 bits per heavy atom. The number of ketones is 1. The number of halogens is 1. The van der Waals surface area contributed by atoms with Crippen LogP contribution in [0.5, 0.6) is 0 Å². The summed E-state index contributed by atoms with van der Waals surface area (Å²) < 4.78 is 1.03. The fourth-order valence-corrected chi connectivity index (χ4v) is 2.79. The molecule has 1 fully saturated rings. The first kappa shape index (κ1) is 13.6. The van der Waals surface area contributed by atoms with Crippen LogP contribution in [-0.4, -0.2) is 18.4 Å². The van der Waals surface area contributed by atoms with Gasteiger partial charge in [-0.15, -0.1) is 0 Å². The van der Waals surface area contributed by atoms with Crippen molar-refractivity contribution in [1.29, 1.82) is 0 Å². The highest BCUT2D eigenvalue weighted by molar-refractivity contribution is 9.10. The molecule has 0 spiro atoms. The minimum absolute atomic E-state index is 0.115. The van der Waals surface area contributed by atoms with Crippen LogP contribution in [0, 0.1) is 5.92 Å². The van der Waals surface area contributed by atoms with Crippen LogP contribution in [0.25, 0.3) is 0 Å². The van der Waals surface area contributed by atoms with Crippen molar-refractivity contribution in [2.75, 3.05) is 11.4 Å². The molecular formula is C15H20BrNO. The van der Waals surface area contributed by atoms with Crippen molar-refractivity contribution >= 4 is 27.4 Å². The third-order valence-corrected chi connectivity index (χ3v) is 3.85. The Labute approximate surface area is 117 Å². The maximum atomic E-state index is 11.4. The van der Waals surface area contributed by atoms with Crippen LogP contribution in [-0.2, 0) is 0 Å². The van der Waals surface area contributed by atoms with E-state index in [4.69, 9.17) is 0 Å². The monoisotopic (exact) mass is 309 g/mol. The summed E-state index contributed by atoms with van der Waals surface area (Å²) in [4.78, 5) is 13.8. The number of carbonyl (C=O) groups excluding carboxylic acids is 1. The molecule has 0 radical (unpaired) electrons. The van der Waals surface area contributed by atoms with Crippen LogP contribution in [0.2, 0.25) is 0 Å². The quantitative estimate of drug-likeness (QED) is 0.757. The SMILES string of the molecule is CC(=O)c1ccc(N(CC(C)C)C2CC2)c(Br)c1. The van der Waals surface area contributed by atoms with E-state index in [1.165, 1.54) is 18.5 Å². The van der Waals surface area contributed by atoms with E-state index in [0.717, 1.165) is 16.6 Å². The van der Waals surface area contributed by atoms with Crippen molar-refractivity contribution in [3.63, 3.8) is 0 Å². The van der Waals surface area contributed by atoms with E-state index in [-0.39, 0.29) is 5.78 Å². The zero-order chi connectivity index (χ0) is 13.3. The maximum absolute atomic E-state index is 11.4. The van der Waals surface area contributed by atoms with Crippen LogP contribution < -0.4 is 4.90 Å². The van der Waals surface area contributed by atoms with Gasteiger partial charge in [0.1, 0.15) is 0 Å². The van der Waals surface area contributed by atoms with E-state index in [1.807, 2.05) is 12.1 Å². The van der Waals surface area contributed by atoms with Crippen LogP contribution in [0.15, 0.2) is 22.7 Å². The normalized spacial score (nSPS) is 14.9. The van der Waals surface area contributed by atoms with Crippen LogP contribution in [0.3, 0.4) is 0 Å². The molecule has 0 aliphatic heterocycles. The maximum Gasteiger partial charge on any atom is 0.159 e. The molecule has 0 unspecified atom stereocenters. The third kappa shape index (κ3) is 3.14. The number of anilines is 1. The summed E-state index contributed by atoms with van der Waals surface area (Å²) in [5.41, 5.74) is 1.99. The number of Topliss-reactive ketones (excluding diaryl/α,β-unsaturated/α-hetero) is 1. The first-order valence-corrected chi connectivity index (χ1v) is 7.35. The topological polar surface area (TPSA) is 20.3 Å². The second kappa shape index (κ2) is 5.43. The number of benzene rings is 1. The molecule has 98 valence electrons. The zero-order valence-corrected chi connectivity index (χ0v) is 12.8. The highest BCUT2D eigenvalue weighted by Gasteiger charge is 2.30. The molecule has 0 saturated heterocycles. The Morgan fingerprint density at radius 1 is 1.44 bits per heavy atom. The molecule has 1 aromatic rings. The third-order valence-electron chi connectivity index (χ3n) is 3.21. The Morgan fingerprint density at radius 3 is 2.56 bits per heavy atom. The summed E-state index contributed by atoms with van der Waals surface area (Å²) in [7, 11) is 0. The average Bonchev–Trinajstić information content (AvgIpc) is 3.09. The van der Waals surface area contributed by atoms with Gasteiger partial charge in [0, 0.05) is 22.6 Å². The van der Waals surface area contributed by atoms with Gasteiger partial charge in [0.25, 0.3) is 0 Å². The van der Waals surface area contributed by atoms with Crippen LogP contribution in [0.1, 0.15) is 44.0 Å². The molecule has 1 aliphatic rings.